The van der Waals surface area contributed by atoms with Crippen molar-refractivity contribution in [1.82, 2.24) is 20.1 Å². The van der Waals surface area contributed by atoms with E-state index in [-0.39, 0.29) is 11.8 Å². The molecule has 2 amide bonds. The Kier molecular flexibility index (Phi) is 7.32. The Balaban J connectivity index is 1.24. The van der Waals surface area contributed by atoms with E-state index in [9.17, 15) is 9.59 Å². The molecule has 1 aliphatic carbocycles. The van der Waals surface area contributed by atoms with Crippen LogP contribution in [0.2, 0.25) is 0 Å². The third-order valence-corrected chi connectivity index (χ3v) is 7.99. The summed E-state index contributed by atoms with van der Waals surface area (Å²) in [5.74, 6) is -0.481. The number of hydrogen-bond acceptors (Lipinski definition) is 5. The number of aryl methyl sites for hydroxylation is 1. The molecule has 2 aromatic carbocycles. The van der Waals surface area contributed by atoms with E-state index in [0.29, 0.717) is 17.1 Å². The number of carbonyl (C=O) groups excluding carboxylic acids is 2. The molecule has 2 N–H and O–H groups in total. The number of carbonyl (C=O) groups is 2. The van der Waals surface area contributed by atoms with E-state index in [1.54, 1.807) is 18.5 Å². The van der Waals surface area contributed by atoms with Crippen molar-refractivity contribution >= 4 is 34.2 Å². The fraction of sp³-hybridized carbons (Fsp3) is 0.125. The van der Waals surface area contributed by atoms with Gasteiger partial charge in [-0.3, -0.25) is 14.6 Å². The molecule has 1 aliphatic rings. The topological polar surface area (TPSA) is 88.9 Å². The van der Waals surface area contributed by atoms with Gasteiger partial charge in [-0.1, -0.05) is 54.6 Å². The maximum absolute atomic E-state index is 13.3. The van der Waals surface area contributed by atoms with Crippen LogP contribution in [0.4, 0.5) is 5.00 Å². The van der Waals surface area contributed by atoms with Crippen molar-refractivity contribution < 1.29 is 9.59 Å². The van der Waals surface area contributed by atoms with Crippen LogP contribution in [0, 0.1) is 0 Å². The highest BCUT2D eigenvalue weighted by Gasteiger charge is 2.27. The second kappa shape index (κ2) is 11.5. The Bertz CT molecular complexity index is 1670. The second-order valence-electron chi connectivity index (χ2n) is 9.51. The highest BCUT2D eigenvalue weighted by atomic mass is 32.1. The molecule has 0 aliphatic heterocycles. The maximum Gasteiger partial charge on any atom is 0.254 e. The first-order valence-corrected chi connectivity index (χ1v) is 14.0. The van der Waals surface area contributed by atoms with Crippen molar-refractivity contribution in [2.24, 2.45) is 0 Å². The average Bonchev–Trinajstić information content (AvgIpc) is 3.71. The van der Waals surface area contributed by atoms with E-state index in [1.807, 2.05) is 83.7 Å². The first-order valence-electron chi connectivity index (χ1n) is 13.2. The summed E-state index contributed by atoms with van der Waals surface area (Å²) in [5.41, 5.74) is 6.01. The molecule has 3 heterocycles. The van der Waals surface area contributed by atoms with Crippen LogP contribution >= 0.6 is 11.3 Å². The molecule has 0 fully saturated rings. The summed E-state index contributed by atoms with van der Waals surface area (Å²) >= 11 is 1.49. The molecule has 0 spiro atoms. The fourth-order valence-electron chi connectivity index (χ4n) is 4.87. The van der Waals surface area contributed by atoms with Crippen LogP contribution < -0.4 is 10.6 Å². The molecule has 40 heavy (non-hydrogen) atoms. The molecule has 3 aromatic heterocycles. The first kappa shape index (κ1) is 25.5. The van der Waals surface area contributed by atoms with E-state index >= 15 is 0 Å². The van der Waals surface area contributed by atoms with Crippen LogP contribution in [0.5, 0.6) is 0 Å². The van der Waals surface area contributed by atoms with Gasteiger partial charge in [0, 0.05) is 47.2 Å². The van der Waals surface area contributed by atoms with Gasteiger partial charge in [0.1, 0.15) is 5.00 Å². The number of nitrogens with zero attached hydrogens (tertiary/aromatic N) is 3. The van der Waals surface area contributed by atoms with Gasteiger partial charge in [0.05, 0.1) is 16.9 Å². The highest BCUT2D eigenvalue weighted by Crippen LogP contribution is 2.39. The van der Waals surface area contributed by atoms with Crippen LogP contribution in [0.1, 0.15) is 38.3 Å². The lowest BCUT2D eigenvalue weighted by atomic mass is 10.1. The summed E-state index contributed by atoms with van der Waals surface area (Å²) in [6, 6.07) is 23.5. The van der Waals surface area contributed by atoms with Gasteiger partial charge in [-0.2, -0.15) is 5.10 Å². The van der Waals surface area contributed by atoms with Crippen LogP contribution in [-0.2, 0) is 24.2 Å². The van der Waals surface area contributed by atoms with Gasteiger partial charge in [0.25, 0.3) is 5.91 Å². The molecule has 8 heteroatoms. The number of benzene rings is 2. The van der Waals surface area contributed by atoms with Crippen molar-refractivity contribution in [1.29, 1.82) is 0 Å². The summed E-state index contributed by atoms with van der Waals surface area (Å²) in [5, 5.41) is 11.4. The minimum Gasteiger partial charge on any atom is -0.348 e. The molecule has 0 unspecified atom stereocenters. The highest BCUT2D eigenvalue weighted by molar-refractivity contribution is 7.17. The second-order valence-corrected chi connectivity index (χ2v) is 10.6. The van der Waals surface area contributed by atoms with Gasteiger partial charge in [-0.05, 0) is 54.7 Å². The van der Waals surface area contributed by atoms with Gasteiger partial charge in [0.15, 0.2) is 0 Å². The fourth-order valence-corrected chi connectivity index (χ4v) is 6.16. The summed E-state index contributed by atoms with van der Waals surface area (Å²) < 4.78 is 1.81. The minimum absolute atomic E-state index is 0.182. The van der Waals surface area contributed by atoms with Crippen molar-refractivity contribution in [2.45, 2.75) is 25.8 Å². The molecule has 7 nitrogen and oxygen atoms in total. The quantitative estimate of drug-likeness (QED) is 0.232. The zero-order valence-electron chi connectivity index (χ0n) is 21.7. The SMILES string of the molecule is O=C(/C=C/c1cn(-c2ccccc2)nc1-c1ccccc1)Nc1sc2c(c1C(=O)NCc1cccnc1)CCC2. The number of pyridine rings is 1. The van der Waals surface area contributed by atoms with Gasteiger partial charge in [-0.25, -0.2) is 4.68 Å². The molecule has 0 saturated heterocycles. The molecule has 5 aromatic rings. The van der Waals surface area contributed by atoms with E-state index < -0.39 is 0 Å². The lowest BCUT2D eigenvalue weighted by Crippen LogP contribution is -2.24. The number of hydrogen-bond donors (Lipinski definition) is 2. The zero-order chi connectivity index (χ0) is 27.3. The Hall–Kier alpha value is -4.82. The monoisotopic (exact) mass is 545 g/mol. The molecule has 198 valence electrons. The Morgan fingerprint density at radius 2 is 1.77 bits per heavy atom. The molecular formula is C32H27N5O2S. The standard InChI is InChI=1S/C32H27N5O2S/c38-28(17-16-24-21-37(25-12-5-2-6-13-25)36-30(24)23-10-3-1-4-11-23)35-32-29(26-14-7-15-27(26)40-32)31(39)34-20-22-9-8-18-33-19-22/h1-6,8-13,16-19,21H,7,14-15,20H2,(H,34,39)(H,35,38)/b17-16+. The number of fused-ring (bicyclic) bond motifs is 1. The number of aromatic nitrogens is 3. The number of thiophene rings is 1. The van der Waals surface area contributed by atoms with Crippen LogP contribution in [0.15, 0.2) is 97.5 Å². The number of nitrogens with one attached hydrogen (secondary N) is 2. The predicted octanol–water partition coefficient (Wildman–Crippen LogP) is 6.07. The average molecular weight is 546 g/mol. The molecule has 0 radical (unpaired) electrons. The number of amides is 2. The Labute approximate surface area is 236 Å². The van der Waals surface area contributed by atoms with Crippen LogP contribution in [0.3, 0.4) is 0 Å². The Morgan fingerprint density at radius 1 is 0.975 bits per heavy atom. The van der Waals surface area contributed by atoms with Gasteiger partial charge in [-0.15, -0.1) is 11.3 Å². The summed E-state index contributed by atoms with van der Waals surface area (Å²) in [4.78, 5) is 31.7. The predicted molar refractivity (Wildman–Crippen MR) is 158 cm³/mol. The van der Waals surface area contributed by atoms with Crippen molar-refractivity contribution in [3.8, 4) is 16.9 Å². The minimum atomic E-state index is -0.298. The van der Waals surface area contributed by atoms with Crippen molar-refractivity contribution in [2.75, 3.05) is 5.32 Å². The van der Waals surface area contributed by atoms with Gasteiger partial charge < -0.3 is 10.6 Å². The van der Waals surface area contributed by atoms with Gasteiger partial charge >= 0.3 is 0 Å². The summed E-state index contributed by atoms with van der Waals surface area (Å²) in [7, 11) is 0. The van der Waals surface area contributed by atoms with Crippen molar-refractivity contribution in [3.05, 3.63) is 125 Å². The molecule has 0 bridgehead atoms. The Morgan fingerprint density at radius 3 is 2.55 bits per heavy atom. The van der Waals surface area contributed by atoms with Crippen LogP contribution in [-0.4, -0.2) is 26.6 Å². The third-order valence-electron chi connectivity index (χ3n) is 6.79. The number of para-hydroxylation sites is 1. The van der Waals surface area contributed by atoms with E-state index in [4.69, 9.17) is 5.10 Å². The number of anilines is 1. The van der Waals surface area contributed by atoms with Crippen molar-refractivity contribution in [3.63, 3.8) is 0 Å². The van der Waals surface area contributed by atoms with Crippen LogP contribution in [0.25, 0.3) is 23.0 Å². The van der Waals surface area contributed by atoms with E-state index in [2.05, 4.69) is 15.6 Å². The summed E-state index contributed by atoms with van der Waals surface area (Å²) in [6.07, 6.45) is 11.4. The lowest BCUT2D eigenvalue weighted by molar-refractivity contribution is -0.111. The number of rotatable bonds is 8. The third kappa shape index (κ3) is 5.48. The van der Waals surface area contributed by atoms with E-state index in [0.717, 1.165) is 52.9 Å². The smallest absolute Gasteiger partial charge is 0.254 e. The normalized spacial score (nSPS) is 12.4. The van der Waals surface area contributed by atoms with E-state index in [1.165, 1.54) is 22.3 Å². The molecular weight excluding hydrogens is 518 g/mol. The molecule has 0 saturated carbocycles. The lowest BCUT2D eigenvalue weighted by Gasteiger charge is -2.09. The zero-order valence-corrected chi connectivity index (χ0v) is 22.5. The summed E-state index contributed by atoms with van der Waals surface area (Å²) in [6.45, 7) is 0.373. The largest absolute Gasteiger partial charge is 0.348 e. The maximum atomic E-state index is 13.3. The molecule has 6 rings (SSSR count). The first-order chi connectivity index (χ1) is 19.7. The van der Waals surface area contributed by atoms with Gasteiger partial charge in [0.2, 0.25) is 5.91 Å². The molecule has 0 atom stereocenters.